The molecule has 0 saturated carbocycles. The van der Waals surface area contributed by atoms with Gasteiger partial charge < -0.3 is 5.32 Å². The summed E-state index contributed by atoms with van der Waals surface area (Å²) in [6, 6.07) is 1.69. The van der Waals surface area contributed by atoms with Gasteiger partial charge in [-0.25, -0.2) is 4.98 Å². The van der Waals surface area contributed by atoms with Crippen LogP contribution in [0.25, 0.3) is 0 Å². The van der Waals surface area contributed by atoms with Crippen molar-refractivity contribution >= 4 is 44.1 Å². The molecule has 0 atom stereocenters. The Balaban J connectivity index is 2.26. The Morgan fingerprint density at radius 1 is 1.53 bits per heavy atom. The number of nitrogens with one attached hydrogen (secondary N) is 2. The summed E-state index contributed by atoms with van der Waals surface area (Å²) in [5.74, 6) is 0.232. The molecule has 1 amide bonds. The van der Waals surface area contributed by atoms with Crippen LogP contribution in [0.2, 0.25) is 0 Å². The zero-order valence-corrected chi connectivity index (χ0v) is 11.2. The number of anilines is 2. The molecule has 0 bridgehead atoms. The molecule has 88 valence electrons. The van der Waals surface area contributed by atoms with E-state index in [9.17, 15) is 4.79 Å². The van der Waals surface area contributed by atoms with Crippen LogP contribution >= 0.6 is 27.3 Å². The highest BCUT2D eigenvalue weighted by molar-refractivity contribution is 9.10. The second-order valence-electron chi connectivity index (χ2n) is 3.00. The molecule has 8 heteroatoms. The number of carbonyl (C=O) groups excluding carboxylic acids is 1. The van der Waals surface area contributed by atoms with Gasteiger partial charge in [-0.05, 0) is 22.0 Å². The fourth-order valence-electron chi connectivity index (χ4n) is 1.20. The molecule has 0 aliphatic carbocycles. The first-order valence-electron chi connectivity index (χ1n) is 4.61. The molecule has 2 rings (SSSR count). The van der Waals surface area contributed by atoms with Crippen molar-refractivity contribution in [3.05, 3.63) is 27.8 Å². The first-order chi connectivity index (χ1) is 8.20. The molecule has 2 heterocycles. The molecule has 17 heavy (non-hydrogen) atoms. The number of amides is 1. The summed E-state index contributed by atoms with van der Waals surface area (Å²) in [5.41, 5.74) is 1.99. The largest absolute Gasteiger partial charge is 0.372 e. The maximum atomic E-state index is 12.0. The van der Waals surface area contributed by atoms with Crippen molar-refractivity contribution in [3.63, 3.8) is 0 Å². The standard InChI is InChI=1S/C9H8BrN5OS/c1-11-7-6(2-5(10)3-12-7)8(16)14-9-15-13-4-17-9/h2-4H,1H3,(H,11,12)(H,14,15,16). The van der Waals surface area contributed by atoms with Crippen LogP contribution in [0, 0.1) is 0 Å². The number of hydrogen-bond donors (Lipinski definition) is 2. The maximum absolute atomic E-state index is 12.0. The lowest BCUT2D eigenvalue weighted by molar-refractivity contribution is 0.102. The van der Waals surface area contributed by atoms with Gasteiger partial charge in [0.2, 0.25) is 5.13 Å². The third-order valence-corrected chi connectivity index (χ3v) is 2.96. The summed E-state index contributed by atoms with van der Waals surface area (Å²) in [4.78, 5) is 16.1. The summed E-state index contributed by atoms with van der Waals surface area (Å²) in [6.07, 6.45) is 1.62. The van der Waals surface area contributed by atoms with Gasteiger partial charge in [0.15, 0.2) is 0 Å². The van der Waals surface area contributed by atoms with Crippen LogP contribution in [0.5, 0.6) is 0 Å². The Morgan fingerprint density at radius 2 is 2.35 bits per heavy atom. The van der Waals surface area contributed by atoms with E-state index in [2.05, 4.69) is 41.7 Å². The second kappa shape index (κ2) is 5.19. The lowest BCUT2D eigenvalue weighted by Gasteiger charge is -2.07. The van der Waals surface area contributed by atoms with Crippen molar-refractivity contribution in [2.45, 2.75) is 0 Å². The number of nitrogens with zero attached hydrogens (tertiary/aromatic N) is 3. The van der Waals surface area contributed by atoms with Crippen molar-refractivity contribution in [2.24, 2.45) is 0 Å². The van der Waals surface area contributed by atoms with Crippen molar-refractivity contribution in [1.82, 2.24) is 15.2 Å². The van der Waals surface area contributed by atoms with E-state index in [1.54, 1.807) is 24.8 Å². The Labute approximate surface area is 110 Å². The lowest BCUT2D eigenvalue weighted by atomic mass is 10.2. The average Bonchev–Trinajstić information content (AvgIpc) is 2.81. The number of hydrogen-bond acceptors (Lipinski definition) is 6. The van der Waals surface area contributed by atoms with Crippen LogP contribution in [-0.2, 0) is 0 Å². The van der Waals surface area contributed by atoms with Crippen LogP contribution in [0.4, 0.5) is 10.9 Å². The summed E-state index contributed by atoms with van der Waals surface area (Å²) in [6.45, 7) is 0. The van der Waals surface area contributed by atoms with Gasteiger partial charge in [0, 0.05) is 17.7 Å². The molecule has 0 saturated heterocycles. The monoisotopic (exact) mass is 313 g/mol. The fourth-order valence-corrected chi connectivity index (χ4v) is 1.97. The molecule has 2 aromatic heterocycles. The van der Waals surface area contributed by atoms with Crippen LogP contribution in [-0.4, -0.2) is 28.1 Å². The number of aromatic nitrogens is 3. The lowest BCUT2D eigenvalue weighted by Crippen LogP contribution is -2.14. The molecule has 0 fully saturated rings. The summed E-state index contributed by atoms with van der Waals surface area (Å²) in [7, 11) is 1.71. The molecule has 0 aliphatic rings. The van der Waals surface area contributed by atoms with E-state index in [1.807, 2.05) is 0 Å². The Bertz CT molecular complexity index is 530. The molecule has 0 aliphatic heterocycles. The van der Waals surface area contributed by atoms with E-state index in [4.69, 9.17) is 0 Å². The van der Waals surface area contributed by atoms with Crippen LogP contribution in [0.1, 0.15) is 10.4 Å². The zero-order chi connectivity index (χ0) is 12.3. The molecular formula is C9H8BrN5OS. The van der Waals surface area contributed by atoms with Crippen molar-refractivity contribution in [1.29, 1.82) is 0 Å². The first-order valence-corrected chi connectivity index (χ1v) is 6.29. The van der Waals surface area contributed by atoms with E-state index in [-0.39, 0.29) is 5.91 Å². The van der Waals surface area contributed by atoms with Crippen LogP contribution in [0.3, 0.4) is 0 Å². The highest BCUT2D eigenvalue weighted by Gasteiger charge is 2.13. The van der Waals surface area contributed by atoms with Crippen molar-refractivity contribution < 1.29 is 4.79 Å². The molecule has 0 unspecified atom stereocenters. The summed E-state index contributed by atoms with van der Waals surface area (Å²) >= 11 is 4.53. The van der Waals surface area contributed by atoms with Crippen LogP contribution < -0.4 is 10.6 Å². The summed E-state index contributed by atoms with van der Waals surface area (Å²) in [5, 5.41) is 13.3. The highest BCUT2D eigenvalue weighted by atomic mass is 79.9. The van der Waals surface area contributed by atoms with Gasteiger partial charge in [-0.15, -0.1) is 10.2 Å². The molecule has 6 nitrogen and oxygen atoms in total. The minimum absolute atomic E-state index is 0.278. The molecule has 0 spiro atoms. The number of carbonyl (C=O) groups is 1. The third-order valence-electron chi connectivity index (χ3n) is 1.92. The van der Waals surface area contributed by atoms with E-state index in [1.165, 1.54) is 11.3 Å². The van der Waals surface area contributed by atoms with Gasteiger partial charge in [-0.2, -0.15) is 0 Å². The Hall–Kier alpha value is -1.54. The molecule has 2 N–H and O–H groups in total. The topological polar surface area (TPSA) is 79.8 Å². The van der Waals surface area contributed by atoms with E-state index in [0.717, 1.165) is 4.47 Å². The van der Waals surface area contributed by atoms with Gasteiger partial charge in [-0.1, -0.05) is 11.3 Å². The third kappa shape index (κ3) is 2.77. The van der Waals surface area contributed by atoms with Gasteiger partial charge in [0.25, 0.3) is 5.91 Å². The van der Waals surface area contributed by atoms with Crippen LogP contribution in [0.15, 0.2) is 22.2 Å². The predicted molar refractivity (Wildman–Crippen MR) is 69.3 cm³/mol. The minimum atomic E-state index is -0.278. The van der Waals surface area contributed by atoms with E-state index < -0.39 is 0 Å². The minimum Gasteiger partial charge on any atom is -0.372 e. The second-order valence-corrected chi connectivity index (χ2v) is 4.75. The molecular weight excluding hydrogens is 306 g/mol. The number of rotatable bonds is 3. The maximum Gasteiger partial charge on any atom is 0.261 e. The SMILES string of the molecule is CNc1ncc(Br)cc1C(=O)Nc1nncs1. The number of pyridine rings is 1. The summed E-state index contributed by atoms with van der Waals surface area (Å²) < 4.78 is 0.735. The zero-order valence-electron chi connectivity index (χ0n) is 8.77. The Morgan fingerprint density at radius 3 is 3.00 bits per heavy atom. The molecule has 0 radical (unpaired) electrons. The predicted octanol–water partition coefficient (Wildman–Crippen LogP) is 1.99. The Kier molecular flexibility index (Phi) is 3.64. The first kappa shape index (κ1) is 11.9. The van der Waals surface area contributed by atoms with Gasteiger partial charge in [0.05, 0.1) is 5.56 Å². The number of halogens is 1. The fraction of sp³-hybridized carbons (Fsp3) is 0.111. The van der Waals surface area contributed by atoms with Gasteiger partial charge in [0.1, 0.15) is 11.3 Å². The van der Waals surface area contributed by atoms with Crippen molar-refractivity contribution in [2.75, 3.05) is 17.7 Å². The van der Waals surface area contributed by atoms with Gasteiger partial charge >= 0.3 is 0 Å². The average molecular weight is 314 g/mol. The van der Waals surface area contributed by atoms with E-state index >= 15 is 0 Å². The van der Waals surface area contributed by atoms with Gasteiger partial charge in [-0.3, -0.25) is 10.1 Å². The van der Waals surface area contributed by atoms with E-state index in [0.29, 0.717) is 16.5 Å². The molecule has 2 aromatic rings. The normalized spacial score (nSPS) is 10.0. The smallest absolute Gasteiger partial charge is 0.261 e. The highest BCUT2D eigenvalue weighted by Crippen LogP contribution is 2.19. The van der Waals surface area contributed by atoms with Crippen molar-refractivity contribution in [3.8, 4) is 0 Å². The molecule has 0 aromatic carbocycles. The quantitative estimate of drug-likeness (QED) is 0.906.